The van der Waals surface area contributed by atoms with Crippen molar-refractivity contribution in [3.05, 3.63) is 0 Å². The molecule has 0 spiro atoms. The largest absolute Gasteiger partial charge is 0.308 e. The molecule has 0 aromatic carbocycles. The molecule has 2 saturated carbocycles. The zero-order valence-corrected chi connectivity index (χ0v) is 13.3. The molecule has 3 fully saturated rings. The predicted molar refractivity (Wildman–Crippen MR) is 81.3 cm³/mol. The predicted octanol–water partition coefficient (Wildman–Crippen LogP) is 3.27. The summed E-state index contributed by atoms with van der Waals surface area (Å²) < 4.78 is 0. The highest BCUT2D eigenvalue weighted by atomic mass is 15.3. The van der Waals surface area contributed by atoms with Crippen LogP contribution in [0, 0.1) is 17.8 Å². The Labute approximate surface area is 119 Å². The van der Waals surface area contributed by atoms with E-state index in [-0.39, 0.29) is 0 Å². The molecule has 2 heteroatoms. The number of hydrogen-bond acceptors (Lipinski definition) is 2. The molecule has 2 nitrogen and oxygen atoms in total. The minimum absolute atomic E-state index is 0.407. The molecule has 0 aromatic rings. The molecule has 110 valence electrons. The summed E-state index contributed by atoms with van der Waals surface area (Å²) in [5.41, 5.74) is 0.407. The monoisotopic (exact) mass is 264 g/mol. The standard InChI is InChI=1S/C17H32N2/c1-5-6-13-9-15(13)19-11-17(4,14-7-8-14)18-10-16(19)12(2)3/h12-16,18H,5-11H2,1-4H3. The molecule has 0 aromatic heterocycles. The third-order valence-corrected chi connectivity index (χ3v) is 5.87. The van der Waals surface area contributed by atoms with Crippen LogP contribution >= 0.6 is 0 Å². The van der Waals surface area contributed by atoms with Crippen LogP contribution in [0.2, 0.25) is 0 Å². The molecule has 4 unspecified atom stereocenters. The Morgan fingerprint density at radius 1 is 1.32 bits per heavy atom. The van der Waals surface area contributed by atoms with Gasteiger partial charge in [0.05, 0.1) is 0 Å². The molecule has 0 bridgehead atoms. The van der Waals surface area contributed by atoms with Gasteiger partial charge in [-0.1, -0.05) is 27.2 Å². The summed E-state index contributed by atoms with van der Waals surface area (Å²) >= 11 is 0. The van der Waals surface area contributed by atoms with Crippen LogP contribution < -0.4 is 5.32 Å². The molecule has 4 atom stereocenters. The van der Waals surface area contributed by atoms with Gasteiger partial charge in [-0.3, -0.25) is 4.90 Å². The van der Waals surface area contributed by atoms with Gasteiger partial charge in [-0.2, -0.15) is 0 Å². The molecule has 3 aliphatic rings. The summed E-state index contributed by atoms with van der Waals surface area (Å²) in [7, 11) is 0. The molecule has 1 heterocycles. The van der Waals surface area contributed by atoms with Crippen molar-refractivity contribution in [2.45, 2.75) is 77.4 Å². The van der Waals surface area contributed by atoms with Gasteiger partial charge in [-0.15, -0.1) is 0 Å². The average Bonchev–Trinajstić information content (AvgIpc) is 3.23. The summed E-state index contributed by atoms with van der Waals surface area (Å²) in [6.07, 6.45) is 7.18. The molecular weight excluding hydrogens is 232 g/mol. The zero-order valence-electron chi connectivity index (χ0n) is 13.3. The molecule has 0 radical (unpaired) electrons. The van der Waals surface area contributed by atoms with Crippen molar-refractivity contribution in [3.63, 3.8) is 0 Å². The van der Waals surface area contributed by atoms with Gasteiger partial charge in [0.1, 0.15) is 0 Å². The van der Waals surface area contributed by atoms with Crippen LogP contribution in [0.5, 0.6) is 0 Å². The van der Waals surface area contributed by atoms with Crippen LogP contribution in [0.1, 0.15) is 59.8 Å². The first kappa shape index (κ1) is 13.9. The number of nitrogens with zero attached hydrogens (tertiary/aromatic N) is 1. The molecule has 19 heavy (non-hydrogen) atoms. The summed E-state index contributed by atoms with van der Waals surface area (Å²) in [4.78, 5) is 2.90. The molecule has 0 amide bonds. The van der Waals surface area contributed by atoms with Crippen LogP contribution in [0.25, 0.3) is 0 Å². The first-order valence-corrected chi connectivity index (χ1v) is 8.56. The first-order chi connectivity index (χ1) is 9.05. The van der Waals surface area contributed by atoms with Gasteiger partial charge in [-0.05, 0) is 50.4 Å². The van der Waals surface area contributed by atoms with Crippen LogP contribution in [0.15, 0.2) is 0 Å². The van der Waals surface area contributed by atoms with Crippen LogP contribution in [0.3, 0.4) is 0 Å². The van der Waals surface area contributed by atoms with Crippen molar-refractivity contribution < 1.29 is 0 Å². The maximum absolute atomic E-state index is 3.91. The van der Waals surface area contributed by atoms with Crippen molar-refractivity contribution in [1.29, 1.82) is 0 Å². The van der Waals surface area contributed by atoms with Gasteiger partial charge < -0.3 is 5.32 Å². The van der Waals surface area contributed by atoms with E-state index >= 15 is 0 Å². The van der Waals surface area contributed by atoms with Crippen LogP contribution in [-0.2, 0) is 0 Å². The Kier molecular flexibility index (Phi) is 3.68. The fraction of sp³-hybridized carbons (Fsp3) is 1.00. The summed E-state index contributed by atoms with van der Waals surface area (Å²) in [6.45, 7) is 12.1. The van der Waals surface area contributed by atoms with E-state index in [4.69, 9.17) is 0 Å². The van der Waals surface area contributed by atoms with Crippen molar-refractivity contribution in [2.24, 2.45) is 17.8 Å². The van der Waals surface area contributed by atoms with Gasteiger partial charge >= 0.3 is 0 Å². The van der Waals surface area contributed by atoms with Crippen LogP contribution in [-0.4, -0.2) is 35.6 Å². The van der Waals surface area contributed by atoms with Crippen LogP contribution in [0.4, 0.5) is 0 Å². The second-order valence-corrected chi connectivity index (χ2v) is 7.91. The molecular formula is C17H32N2. The maximum atomic E-state index is 3.91. The smallest absolute Gasteiger partial charge is 0.0309 e. The quantitative estimate of drug-likeness (QED) is 0.820. The fourth-order valence-electron chi connectivity index (χ4n) is 4.30. The normalized spacial score (nSPS) is 43.7. The molecule has 2 aliphatic carbocycles. The van der Waals surface area contributed by atoms with Crippen molar-refractivity contribution >= 4 is 0 Å². The van der Waals surface area contributed by atoms with E-state index in [0.717, 1.165) is 29.8 Å². The van der Waals surface area contributed by atoms with E-state index in [0.29, 0.717) is 5.54 Å². The highest BCUT2D eigenvalue weighted by Gasteiger charge is 2.52. The van der Waals surface area contributed by atoms with Crippen molar-refractivity contribution in [2.75, 3.05) is 13.1 Å². The second-order valence-electron chi connectivity index (χ2n) is 7.91. The van der Waals surface area contributed by atoms with Gasteiger partial charge in [0.15, 0.2) is 0 Å². The third-order valence-electron chi connectivity index (χ3n) is 5.87. The lowest BCUT2D eigenvalue weighted by molar-refractivity contribution is 0.0415. The number of piperazine rings is 1. The highest BCUT2D eigenvalue weighted by Crippen LogP contribution is 2.46. The average molecular weight is 264 g/mol. The van der Waals surface area contributed by atoms with E-state index < -0.39 is 0 Å². The van der Waals surface area contributed by atoms with E-state index in [1.165, 1.54) is 45.2 Å². The van der Waals surface area contributed by atoms with E-state index in [1.807, 2.05) is 0 Å². The number of nitrogens with one attached hydrogen (secondary N) is 1. The second kappa shape index (κ2) is 5.04. The number of rotatable bonds is 5. The van der Waals surface area contributed by atoms with Crippen molar-refractivity contribution in [1.82, 2.24) is 10.2 Å². The lowest BCUT2D eigenvalue weighted by Crippen LogP contribution is -2.65. The summed E-state index contributed by atoms with van der Waals surface area (Å²) in [5, 5.41) is 3.91. The van der Waals surface area contributed by atoms with E-state index in [2.05, 4.69) is 37.9 Å². The van der Waals surface area contributed by atoms with Gasteiger partial charge in [-0.25, -0.2) is 0 Å². The van der Waals surface area contributed by atoms with E-state index in [9.17, 15) is 0 Å². The molecule has 1 N–H and O–H groups in total. The summed E-state index contributed by atoms with van der Waals surface area (Å²) in [6, 6.07) is 1.67. The lowest BCUT2D eigenvalue weighted by Gasteiger charge is -2.48. The minimum atomic E-state index is 0.407. The molecule has 1 aliphatic heterocycles. The molecule has 3 rings (SSSR count). The third kappa shape index (κ3) is 2.71. The highest BCUT2D eigenvalue weighted by molar-refractivity contribution is 5.08. The Balaban J connectivity index is 1.68. The topological polar surface area (TPSA) is 15.3 Å². The SMILES string of the molecule is CCCC1CC1N1CC(C)(C2CC2)NCC1C(C)C. The summed E-state index contributed by atoms with van der Waals surface area (Å²) in [5.74, 6) is 2.73. The maximum Gasteiger partial charge on any atom is 0.0309 e. The molecule has 1 saturated heterocycles. The lowest BCUT2D eigenvalue weighted by atomic mass is 9.88. The Morgan fingerprint density at radius 3 is 2.63 bits per heavy atom. The van der Waals surface area contributed by atoms with Gasteiger partial charge in [0, 0.05) is 30.7 Å². The van der Waals surface area contributed by atoms with Crippen molar-refractivity contribution in [3.8, 4) is 0 Å². The fourth-order valence-corrected chi connectivity index (χ4v) is 4.30. The number of hydrogen-bond donors (Lipinski definition) is 1. The zero-order chi connectivity index (χ0) is 13.6. The van der Waals surface area contributed by atoms with Gasteiger partial charge in [0.25, 0.3) is 0 Å². The Bertz CT molecular complexity index is 323. The first-order valence-electron chi connectivity index (χ1n) is 8.56. The van der Waals surface area contributed by atoms with Gasteiger partial charge in [0.2, 0.25) is 0 Å². The Hall–Kier alpha value is -0.0800. The minimum Gasteiger partial charge on any atom is -0.308 e. The van der Waals surface area contributed by atoms with E-state index in [1.54, 1.807) is 0 Å². The Morgan fingerprint density at radius 2 is 2.05 bits per heavy atom.